The van der Waals surface area contributed by atoms with Crippen LogP contribution in [0, 0.1) is 0 Å². The van der Waals surface area contributed by atoms with Gasteiger partial charge in [-0.15, -0.1) is 0 Å². The number of carbonyl (C=O) groups is 1. The number of hydrogen-bond acceptors (Lipinski definition) is 10. The molecule has 0 aliphatic carbocycles. The first-order valence-corrected chi connectivity index (χ1v) is 9.76. The second-order valence-corrected chi connectivity index (χ2v) is 8.01. The quantitative estimate of drug-likeness (QED) is 0.383. The van der Waals surface area contributed by atoms with Gasteiger partial charge in [0.15, 0.2) is 18.7 Å². The number of fused-ring (bicyclic) bond motifs is 2. The summed E-state index contributed by atoms with van der Waals surface area (Å²) in [5.41, 5.74) is 0. The molecule has 5 unspecified atom stereocenters. The molecule has 0 spiro atoms. The van der Waals surface area contributed by atoms with Crippen LogP contribution in [0.1, 0.15) is 27.7 Å². The second-order valence-electron chi connectivity index (χ2n) is 8.01. The number of aliphatic hydroxyl groups excluding tert-OH is 3. The van der Waals surface area contributed by atoms with Crippen molar-refractivity contribution in [3.8, 4) is 0 Å². The van der Waals surface area contributed by atoms with Gasteiger partial charge >= 0.3 is 5.97 Å². The monoisotopic (exact) mass is 422 g/mol. The molecule has 3 saturated heterocycles. The van der Waals surface area contributed by atoms with Gasteiger partial charge < -0.3 is 48.8 Å². The van der Waals surface area contributed by atoms with Gasteiger partial charge in [-0.1, -0.05) is 0 Å². The normalized spacial score (nSPS) is 45.1. The van der Waals surface area contributed by atoms with E-state index in [0.29, 0.717) is 0 Å². The molecule has 11 nitrogen and oxygen atoms in total. The van der Waals surface area contributed by atoms with Gasteiger partial charge in [0, 0.05) is 0 Å². The molecule has 11 heteroatoms. The molecule has 0 amide bonds. The molecular formula is C18H30O11. The zero-order valence-electron chi connectivity index (χ0n) is 16.8. The molecule has 0 aromatic carbocycles. The van der Waals surface area contributed by atoms with Crippen LogP contribution in [0.2, 0.25) is 0 Å². The van der Waals surface area contributed by atoms with E-state index in [-0.39, 0.29) is 18.8 Å². The molecule has 0 radical (unpaired) electrons. The smallest absolute Gasteiger partial charge is 0.335 e. The van der Waals surface area contributed by atoms with Crippen molar-refractivity contribution in [1.82, 2.24) is 0 Å². The lowest BCUT2D eigenvalue weighted by molar-refractivity contribution is -0.342. The fourth-order valence-corrected chi connectivity index (χ4v) is 3.75. The number of ether oxygens (including phenoxy) is 6. The molecule has 29 heavy (non-hydrogen) atoms. The first-order chi connectivity index (χ1) is 13.6. The number of rotatable bonds is 7. The third-order valence-corrected chi connectivity index (χ3v) is 4.98. The molecule has 10 atom stereocenters. The maximum atomic E-state index is 11.5. The Morgan fingerprint density at radius 3 is 2.14 bits per heavy atom. The minimum absolute atomic E-state index is 0.129. The Hall–Kier alpha value is -0.890. The predicted molar refractivity (Wildman–Crippen MR) is 93.8 cm³/mol. The van der Waals surface area contributed by atoms with Gasteiger partial charge in [0.1, 0.15) is 42.7 Å². The highest BCUT2D eigenvalue weighted by Crippen LogP contribution is 2.35. The van der Waals surface area contributed by atoms with Crippen LogP contribution < -0.4 is 0 Å². The fraction of sp³-hybridized carbons (Fsp3) is 0.944. The van der Waals surface area contributed by atoms with E-state index in [1.54, 1.807) is 27.7 Å². The second kappa shape index (κ2) is 9.08. The van der Waals surface area contributed by atoms with Crippen LogP contribution in [-0.4, -0.2) is 107 Å². The summed E-state index contributed by atoms with van der Waals surface area (Å²) < 4.78 is 33.5. The van der Waals surface area contributed by atoms with Gasteiger partial charge in [-0.25, -0.2) is 4.79 Å². The Labute approximate surface area is 168 Å². The standard InChI is InChI=1S/C18H30O11/c1-6(2)25-13-9(19)15(16(22)23)29-18(10(13)20)28-12-8-5-24-14(12)11(21)17(27-8)26-7(3)4/h6-15,17-21H,5H2,1-4H3,(H,22,23)/t8?,9-,10?,11?,12-,13+,14?,15?,17-,18-/m1/s1. The number of hydrogen-bond donors (Lipinski definition) is 4. The SMILES string of the molecule is CC(C)O[C@@H]1OC2COC(C1O)[C@@H]2O[C@@H]1OC(C(=O)O)[C@H](O)[C@H](OC(C)C)C1O. The summed E-state index contributed by atoms with van der Waals surface area (Å²) in [6, 6.07) is 0. The number of carboxylic acids is 1. The van der Waals surface area contributed by atoms with Gasteiger partial charge in [-0.2, -0.15) is 0 Å². The average molecular weight is 422 g/mol. The Balaban J connectivity index is 1.74. The molecular weight excluding hydrogens is 392 g/mol. The summed E-state index contributed by atoms with van der Waals surface area (Å²) in [7, 11) is 0. The number of carboxylic acid groups (broad SMARTS) is 1. The fourth-order valence-electron chi connectivity index (χ4n) is 3.75. The van der Waals surface area contributed by atoms with Crippen LogP contribution in [0.5, 0.6) is 0 Å². The van der Waals surface area contributed by atoms with E-state index in [1.165, 1.54) is 0 Å². The van der Waals surface area contributed by atoms with E-state index in [2.05, 4.69) is 0 Å². The van der Waals surface area contributed by atoms with Crippen LogP contribution in [0.4, 0.5) is 0 Å². The molecule has 3 aliphatic heterocycles. The number of aliphatic carboxylic acids is 1. The van der Waals surface area contributed by atoms with Gasteiger partial charge in [0.25, 0.3) is 0 Å². The Bertz CT molecular complexity index is 570. The summed E-state index contributed by atoms with van der Waals surface area (Å²) >= 11 is 0. The average Bonchev–Trinajstić information content (AvgIpc) is 2.93. The van der Waals surface area contributed by atoms with Crippen molar-refractivity contribution in [2.45, 2.75) is 101 Å². The first kappa shape index (κ1) is 22.8. The molecule has 3 aliphatic rings. The van der Waals surface area contributed by atoms with Crippen molar-refractivity contribution in [3.63, 3.8) is 0 Å². The van der Waals surface area contributed by atoms with Crippen LogP contribution in [0.3, 0.4) is 0 Å². The molecule has 0 aromatic heterocycles. The molecule has 3 heterocycles. The van der Waals surface area contributed by atoms with E-state index < -0.39 is 67.4 Å². The highest BCUT2D eigenvalue weighted by molar-refractivity contribution is 5.73. The topological polar surface area (TPSA) is 153 Å². The maximum absolute atomic E-state index is 11.5. The van der Waals surface area contributed by atoms with Crippen molar-refractivity contribution in [2.24, 2.45) is 0 Å². The lowest BCUT2D eigenvalue weighted by Crippen LogP contribution is -2.64. The van der Waals surface area contributed by atoms with Crippen molar-refractivity contribution < 1.29 is 53.6 Å². The third kappa shape index (κ3) is 4.73. The predicted octanol–water partition coefficient (Wildman–Crippen LogP) is -1.39. The van der Waals surface area contributed by atoms with Gasteiger partial charge in [0.05, 0.1) is 18.8 Å². The van der Waals surface area contributed by atoms with E-state index >= 15 is 0 Å². The van der Waals surface area contributed by atoms with Crippen molar-refractivity contribution >= 4 is 5.97 Å². The van der Waals surface area contributed by atoms with E-state index in [9.17, 15) is 25.2 Å². The highest BCUT2D eigenvalue weighted by Gasteiger charge is 2.56. The minimum atomic E-state index is -1.66. The largest absolute Gasteiger partial charge is 0.479 e. The van der Waals surface area contributed by atoms with Crippen LogP contribution in [0.25, 0.3) is 0 Å². The first-order valence-electron chi connectivity index (χ1n) is 9.76. The molecule has 168 valence electrons. The molecule has 4 N–H and O–H groups in total. The Morgan fingerprint density at radius 1 is 0.897 bits per heavy atom. The number of aliphatic hydroxyl groups is 3. The minimum Gasteiger partial charge on any atom is -0.479 e. The van der Waals surface area contributed by atoms with Crippen LogP contribution in [0.15, 0.2) is 0 Å². The molecule has 3 rings (SSSR count). The van der Waals surface area contributed by atoms with Crippen molar-refractivity contribution in [2.75, 3.05) is 6.61 Å². The summed E-state index contributed by atoms with van der Waals surface area (Å²) in [4.78, 5) is 11.5. The molecule has 3 fully saturated rings. The van der Waals surface area contributed by atoms with E-state index in [1.807, 2.05) is 0 Å². The zero-order valence-corrected chi connectivity index (χ0v) is 16.8. The molecule has 2 bridgehead atoms. The summed E-state index contributed by atoms with van der Waals surface area (Å²) in [5.74, 6) is -1.42. The molecule has 0 aromatic rings. The van der Waals surface area contributed by atoms with Crippen LogP contribution in [-0.2, 0) is 33.2 Å². The maximum Gasteiger partial charge on any atom is 0.335 e. The van der Waals surface area contributed by atoms with Gasteiger partial charge in [-0.3, -0.25) is 0 Å². The lowest BCUT2D eigenvalue weighted by Gasteiger charge is -2.44. The summed E-state index contributed by atoms with van der Waals surface area (Å²) in [6.07, 6.45) is -12.2. The van der Waals surface area contributed by atoms with Gasteiger partial charge in [0.2, 0.25) is 0 Å². The third-order valence-electron chi connectivity index (χ3n) is 4.98. The summed E-state index contributed by atoms with van der Waals surface area (Å²) in [5, 5.41) is 40.7. The zero-order chi connectivity index (χ0) is 21.5. The molecule has 0 saturated carbocycles. The van der Waals surface area contributed by atoms with Crippen molar-refractivity contribution in [3.05, 3.63) is 0 Å². The summed E-state index contributed by atoms with van der Waals surface area (Å²) in [6.45, 7) is 7.12. The van der Waals surface area contributed by atoms with E-state index in [4.69, 9.17) is 28.4 Å². The van der Waals surface area contributed by atoms with Crippen LogP contribution >= 0.6 is 0 Å². The van der Waals surface area contributed by atoms with Gasteiger partial charge in [-0.05, 0) is 27.7 Å². The Morgan fingerprint density at radius 2 is 1.55 bits per heavy atom. The lowest BCUT2D eigenvalue weighted by atomic mass is 9.97. The highest BCUT2D eigenvalue weighted by atomic mass is 16.8. The van der Waals surface area contributed by atoms with Crippen molar-refractivity contribution in [1.29, 1.82) is 0 Å². The Kier molecular flexibility index (Phi) is 7.14. The van der Waals surface area contributed by atoms with E-state index in [0.717, 1.165) is 0 Å².